The quantitative estimate of drug-likeness (QED) is 0.602. The third kappa shape index (κ3) is 2.62. The predicted octanol–water partition coefficient (Wildman–Crippen LogP) is -0.796. The Morgan fingerprint density at radius 1 is 1.71 bits per heavy atom. The van der Waals surface area contributed by atoms with Crippen LogP contribution in [0.15, 0.2) is 6.33 Å². The van der Waals surface area contributed by atoms with Gasteiger partial charge in [-0.3, -0.25) is 4.79 Å². The maximum atomic E-state index is 10.8. The summed E-state index contributed by atoms with van der Waals surface area (Å²) in [7, 11) is 0. The van der Waals surface area contributed by atoms with Gasteiger partial charge in [0.15, 0.2) is 0 Å². The summed E-state index contributed by atoms with van der Waals surface area (Å²) in [5.74, 6) is 0.0557. The standard InChI is InChI=1S/C10H17N5O2/c1-2-15-7-13-14-8(15)4-12-10(3-9(16)17)5-11-6-10/h7,11-12H,2-6H2,1H3,(H,16,17). The van der Waals surface area contributed by atoms with Gasteiger partial charge in [0.05, 0.1) is 18.5 Å². The van der Waals surface area contributed by atoms with E-state index in [0.29, 0.717) is 19.6 Å². The predicted molar refractivity (Wildman–Crippen MR) is 60.4 cm³/mol. The molecule has 0 aliphatic carbocycles. The molecule has 2 rings (SSSR count). The van der Waals surface area contributed by atoms with E-state index in [1.807, 2.05) is 11.5 Å². The Morgan fingerprint density at radius 2 is 2.47 bits per heavy atom. The smallest absolute Gasteiger partial charge is 0.305 e. The maximum absolute atomic E-state index is 10.8. The number of nitrogens with one attached hydrogen (secondary N) is 2. The van der Waals surface area contributed by atoms with E-state index in [2.05, 4.69) is 20.8 Å². The van der Waals surface area contributed by atoms with E-state index in [4.69, 9.17) is 5.11 Å². The lowest BCUT2D eigenvalue weighted by molar-refractivity contribution is -0.139. The van der Waals surface area contributed by atoms with E-state index in [0.717, 1.165) is 12.4 Å². The lowest BCUT2D eigenvalue weighted by Crippen LogP contribution is -2.68. The first-order chi connectivity index (χ1) is 8.15. The first-order valence-corrected chi connectivity index (χ1v) is 5.69. The van der Waals surface area contributed by atoms with Gasteiger partial charge in [-0.05, 0) is 6.92 Å². The van der Waals surface area contributed by atoms with Crippen LogP contribution in [0.4, 0.5) is 0 Å². The highest BCUT2D eigenvalue weighted by molar-refractivity contribution is 5.68. The number of aliphatic carboxylic acids is 1. The molecule has 1 aromatic heterocycles. The lowest BCUT2D eigenvalue weighted by Gasteiger charge is -2.42. The number of carboxylic acid groups (broad SMARTS) is 1. The number of rotatable bonds is 6. The molecule has 0 spiro atoms. The van der Waals surface area contributed by atoms with Crippen molar-refractivity contribution in [3.63, 3.8) is 0 Å². The Morgan fingerprint density at radius 3 is 3.00 bits per heavy atom. The molecule has 1 saturated heterocycles. The van der Waals surface area contributed by atoms with Crippen LogP contribution >= 0.6 is 0 Å². The summed E-state index contributed by atoms with van der Waals surface area (Å²) in [6, 6.07) is 0. The summed E-state index contributed by atoms with van der Waals surface area (Å²) < 4.78 is 1.94. The third-order valence-corrected chi connectivity index (χ3v) is 3.07. The number of hydrogen-bond acceptors (Lipinski definition) is 5. The van der Waals surface area contributed by atoms with Gasteiger partial charge in [-0.2, -0.15) is 0 Å². The topological polar surface area (TPSA) is 92.1 Å². The van der Waals surface area contributed by atoms with Crippen molar-refractivity contribution < 1.29 is 9.90 Å². The number of carboxylic acids is 1. The summed E-state index contributed by atoms with van der Waals surface area (Å²) in [6.07, 6.45) is 1.81. The van der Waals surface area contributed by atoms with Crippen LogP contribution in [-0.2, 0) is 17.9 Å². The van der Waals surface area contributed by atoms with E-state index in [-0.39, 0.29) is 12.0 Å². The van der Waals surface area contributed by atoms with Gasteiger partial charge >= 0.3 is 5.97 Å². The van der Waals surface area contributed by atoms with Crippen LogP contribution in [0.2, 0.25) is 0 Å². The van der Waals surface area contributed by atoms with Crippen LogP contribution in [0.5, 0.6) is 0 Å². The molecule has 0 bridgehead atoms. The molecule has 2 heterocycles. The molecule has 0 atom stereocenters. The Kier molecular flexibility index (Phi) is 3.39. The second-order valence-corrected chi connectivity index (χ2v) is 4.34. The van der Waals surface area contributed by atoms with Crippen LogP contribution < -0.4 is 10.6 Å². The van der Waals surface area contributed by atoms with Gasteiger partial charge in [0, 0.05) is 19.6 Å². The fraction of sp³-hybridized carbons (Fsp3) is 0.700. The molecule has 1 aromatic rings. The highest BCUT2D eigenvalue weighted by Gasteiger charge is 2.38. The minimum absolute atomic E-state index is 0.125. The van der Waals surface area contributed by atoms with E-state index < -0.39 is 5.97 Å². The summed E-state index contributed by atoms with van der Waals surface area (Å²) >= 11 is 0. The molecule has 17 heavy (non-hydrogen) atoms. The van der Waals surface area contributed by atoms with Gasteiger partial charge in [0.2, 0.25) is 0 Å². The number of hydrogen-bond donors (Lipinski definition) is 3. The van der Waals surface area contributed by atoms with Gasteiger partial charge in [-0.15, -0.1) is 10.2 Å². The molecule has 7 heteroatoms. The first kappa shape index (κ1) is 12.0. The van der Waals surface area contributed by atoms with Gasteiger partial charge in [0.1, 0.15) is 12.2 Å². The summed E-state index contributed by atoms with van der Waals surface area (Å²) in [6.45, 7) is 4.74. The van der Waals surface area contributed by atoms with E-state index in [9.17, 15) is 4.79 Å². The van der Waals surface area contributed by atoms with Crippen molar-refractivity contribution in [1.29, 1.82) is 0 Å². The Hall–Kier alpha value is -1.47. The molecule has 0 unspecified atom stereocenters. The zero-order valence-corrected chi connectivity index (χ0v) is 9.81. The highest BCUT2D eigenvalue weighted by Crippen LogP contribution is 2.16. The van der Waals surface area contributed by atoms with Gasteiger partial charge < -0.3 is 20.3 Å². The van der Waals surface area contributed by atoms with E-state index >= 15 is 0 Å². The zero-order chi connectivity index (χ0) is 12.3. The van der Waals surface area contributed by atoms with Crippen LogP contribution in [0.1, 0.15) is 19.2 Å². The van der Waals surface area contributed by atoms with Crippen molar-refractivity contribution in [1.82, 2.24) is 25.4 Å². The molecule has 3 N–H and O–H groups in total. The molecule has 0 saturated carbocycles. The Balaban J connectivity index is 1.94. The monoisotopic (exact) mass is 239 g/mol. The van der Waals surface area contributed by atoms with Crippen molar-refractivity contribution in [2.75, 3.05) is 13.1 Å². The van der Waals surface area contributed by atoms with Crippen molar-refractivity contribution in [2.45, 2.75) is 32.0 Å². The second kappa shape index (κ2) is 4.80. The van der Waals surface area contributed by atoms with E-state index in [1.54, 1.807) is 6.33 Å². The summed E-state index contributed by atoms with van der Waals surface area (Å²) in [5.41, 5.74) is -0.337. The fourth-order valence-electron chi connectivity index (χ4n) is 1.98. The minimum Gasteiger partial charge on any atom is -0.481 e. The Labute approximate surface area is 99.2 Å². The molecule has 0 aromatic carbocycles. The molecule has 1 aliphatic heterocycles. The highest BCUT2D eigenvalue weighted by atomic mass is 16.4. The molecular weight excluding hydrogens is 222 g/mol. The van der Waals surface area contributed by atoms with Crippen LogP contribution in [0.25, 0.3) is 0 Å². The molecule has 0 radical (unpaired) electrons. The molecule has 7 nitrogen and oxygen atoms in total. The average Bonchev–Trinajstić information content (AvgIpc) is 2.68. The Bertz CT molecular complexity index is 399. The number of aromatic nitrogens is 3. The number of aryl methyl sites for hydroxylation is 1. The number of nitrogens with zero attached hydrogens (tertiary/aromatic N) is 3. The molecule has 1 fully saturated rings. The van der Waals surface area contributed by atoms with Gasteiger partial charge in [0.25, 0.3) is 0 Å². The SMILES string of the molecule is CCn1cnnc1CNC1(CC(=O)O)CNC1. The fourth-order valence-corrected chi connectivity index (χ4v) is 1.98. The zero-order valence-electron chi connectivity index (χ0n) is 9.81. The lowest BCUT2D eigenvalue weighted by atomic mass is 9.88. The second-order valence-electron chi connectivity index (χ2n) is 4.34. The summed E-state index contributed by atoms with van der Waals surface area (Å²) in [4.78, 5) is 10.8. The van der Waals surface area contributed by atoms with Crippen LogP contribution in [0, 0.1) is 0 Å². The third-order valence-electron chi connectivity index (χ3n) is 3.07. The van der Waals surface area contributed by atoms with Crippen molar-refractivity contribution in [2.24, 2.45) is 0 Å². The molecule has 0 amide bonds. The van der Waals surface area contributed by atoms with Crippen LogP contribution in [-0.4, -0.2) is 44.5 Å². The molecule has 1 aliphatic rings. The normalized spacial score (nSPS) is 17.7. The largest absolute Gasteiger partial charge is 0.481 e. The van der Waals surface area contributed by atoms with Crippen molar-refractivity contribution >= 4 is 5.97 Å². The molecule has 94 valence electrons. The van der Waals surface area contributed by atoms with Crippen molar-refractivity contribution in [3.05, 3.63) is 12.2 Å². The van der Waals surface area contributed by atoms with Gasteiger partial charge in [-0.1, -0.05) is 0 Å². The van der Waals surface area contributed by atoms with Gasteiger partial charge in [-0.25, -0.2) is 0 Å². The first-order valence-electron chi connectivity index (χ1n) is 5.69. The average molecular weight is 239 g/mol. The minimum atomic E-state index is -0.782. The summed E-state index contributed by atoms with van der Waals surface area (Å²) in [5, 5.41) is 23.1. The number of carbonyl (C=O) groups is 1. The van der Waals surface area contributed by atoms with Crippen LogP contribution in [0.3, 0.4) is 0 Å². The van der Waals surface area contributed by atoms with Crippen molar-refractivity contribution in [3.8, 4) is 0 Å². The molecular formula is C10H17N5O2. The maximum Gasteiger partial charge on any atom is 0.305 e. The van der Waals surface area contributed by atoms with E-state index in [1.165, 1.54) is 0 Å².